The first-order valence-corrected chi connectivity index (χ1v) is 11.4. The molecule has 6 nitrogen and oxygen atoms in total. The number of esters is 1. The predicted octanol–water partition coefficient (Wildman–Crippen LogP) is 4.99. The first-order valence-electron chi connectivity index (χ1n) is 10.1. The summed E-state index contributed by atoms with van der Waals surface area (Å²) in [6.45, 7) is 2.03. The molecule has 1 amide bonds. The Bertz CT molecular complexity index is 902. The van der Waals surface area contributed by atoms with Crippen LogP contribution in [0.15, 0.2) is 29.6 Å². The third kappa shape index (κ3) is 5.37. The molecule has 1 aliphatic rings. The van der Waals surface area contributed by atoms with Gasteiger partial charge in [0.1, 0.15) is 16.3 Å². The standard InChI is InChI=1S/C22H26N2O4S2/c1-3-28-21(26)18-17(14-9-11-16(27-2)12-10-14)13-30-20(18)24-22(29)23-19(25)15-7-5-4-6-8-15/h9-13,15H,3-8H2,1-2H3,(H2,23,24,25,29). The van der Waals surface area contributed by atoms with Crippen LogP contribution in [-0.4, -0.2) is 30.7 Å². The molecule has 8 heteroatoms. The van der Waals surface area contributed by atoms with Crippen molar-refractivity contribution in [2.75, 3.05) is 19.0 Å². The minimum Gasteiger partial charge on any atom is -0.497 e. The molecule has 0 unspecified atom stereocenters. The van der Waals surface area contributed by atoms with Crippen LogP contribution >= 0.6 is 23.6 Å². The molecule has 1 heterocycles. The van der Waals surface area contributed by atoms with Gasteiger partial charge in [-0.1, -0.05) is 31.4 Å². The largest absolute Gasteiger partial charge is 0.497 e. The molecule has 0 spiro atoms. The Morgan fingerprint density at radius 2 is 1.87 bits per heavy atom. The second kappa shape index (κ2) is 10.5. The summed E-state index contributed by atoms with van der Waals surface area (Å²) in [5, 5.41) is 8.42. The number of thiophene rings is 1. The number of benzene rings is 1. The maximum absolute atomic E-state index is 12.7. The predicted molar refractivity (Wildman–Crippen MR) is 123 cm³/mol. The molecule has 1 aromatic carbocycles. The molecule has 30 heavy (non-hydrogen) atoms. The fraction of sp³-hybridized carbons (Fsp3) is 0.409. The summed E-state index contributed by atoms with van der Waals surface area (Å²) in [5.74, 6) is 0.239. The summed E-state index contributed by atoms with van der Waals surface area (Å²) in [6, 6.07) is 7.45. The van der Waals surface area contributed by atoms with Gasteiger partial charge >= 0.3 is 5.97 Å². The van der Waals surface area contributed by atoms with Crippen molar-refractivity contribution >= 4 is 45.5 Å². The van der Waals surface area contributed by atoms with Gasteiger partial charge in [0.15, 0.2) is 5.11 Å². The van der Waals surface area contributed by atoms with Crippen LogP contribution in [0.3, 0.4) is 0 Å². The molecular formula is C22H26N2O4S2. The van der Waals surface area contributed by atoms with E-state index in [2.05, 4.69) is 10.6 Å². The lowest BCUT2D eigenvalue weighted by Gasteiger charge is -2.21. The number of amides is 1. The zero-order valence-electron chi connectivity index (χ0n) is 17.2. The molecule has 2 N–H and O–H groups in total. The summed E-state index contributed by atoms with van der Waals surface area (Å²) in [4.78, 5) is 25.2. The van der Waals surface area contributed by atoms with Crippen molar-refractivity contribution in [3.05, 3.63) is 35.2 Å². The molecule has 160 valence electrons. The van der Waals surface area contributed by atoms with Crippen LogP contribution < -0.4 is 15.4 Å². The highest BCUT2D eigenvalue weighted by atomic mass is 32.1. The van der Waals surface area contributed by atoms with E-state index in [-0.39, 0.29) is 23.5 Å². The number of carbonyl (C=O) groups excluding carboxylic acids is 2. The molecule has 1 fully saturated rings. The minimum absolute atomic E-state index is 0.00113. The first-order chi connectivity index (χ1) is 14.5. The van der Waals surface area contributed by atoms with Crippen molar-refractivity contribution in [1.29, 1.82) is 0 Å². The molecular weight excluding hydrogens is 420 g/mol. The van der Waals surface area contributed by atoms with E-state index in [4.69, 9.17) is 21.7 Å². The minimum atomic E-state index is -0.437. The van der Waals surface area contributed by atoms with E-state index in [1.807, 2.05) is 29.6 Å². The lowest BCUT2D eigenvalue weighted by atomic mass is 9.89. The number of rotatable bonds is 6. The number of nitrogens with one attached hydrogen (secondary N) is 2. The summed E-state index contributed by atoms with van der Waals surface area (Å²) in [7, 11) is 1.61. The number of ether oxygens (including phenoxy) is 2. The molecule has 0 aliphatic heterocycles. The Balaban J connectivity index is 1.79. The SMILES string of the molecule is CCOC(=O)c1c(-c2ccc(OC)cc2)csc1NC(=S)NC(=O)C1CCCCC1. The van der Waals surface area contributed by atoms with E-state index in [0.29, 0.717) is 10.6 Å². The van der Waals surface area contributed by atoms with Crippen molar-refractivity contribution in [2.45, 2.75) is 39.0 Å². The molecule has 1 aliphatic carbocycles. The second-order valence-corrected chi connectivity index (χ2v) is 8.37. The Morgan fingerprint density at radius 1 is 1.17 bits per heavy atom. The van der Waals surface area contributed by atoms with E-state index in [1.165, 1.54) is 17.8 Å². The van der Waals surface area contributed by atoms with Gasteiger partial charge in [-0.25, -0.2) is 4.79 Å². The summed E-state index contributed by atoms with van der Waals surface area (Å²) >= 11 is 6.69. The van der Waals surface area contributed by atoms with E-state index >= 15 is 0 Å². The highest BCUT2D eigenvalue weighted by molar-refractivity contribution is 7.80. The molecule has 1 saturated carbocycles. The monoisotopic (exact) mass is 446 g/mol. The van der Waals surface area contributed by atoms with Gasteiger partial charge in [0.2, 0.25) is 5.91 Å². The maximum Gasteiger partial charge on any atom is 0.341 e. The average molecular weight is 447 g/mol. The normalized spacial score (nSPS) is 14.1. The van der Waals surface area contributed by atoms with Crippen LogP contribution in [0.4, 0.5) is 5.00 Å². The number of thiocarbonyl (C=S) groups is 1. The van der Waals surface area contributed by atoms with Gasteiger partial charge in [0, 0.05) is 16.9 Å². The highest BCUT2D eigenvalue weighted by Gasteiger charge is 2.24. The van der Waals surface area contributed by atoms with Gasteiger partial charge < -0.3 is 20.1 Å². The highest BCUT2D eigenvalue weighted by Crippen LogP contribution is 2.37. The molecule has 3 rings (SSSR count). The zero-order valence-corrected chi connectivity index (χ0v) is 18.8. The lowest BCUT2D eigenvalue weighted by molar-refractivity contribution is -0.124. The van der Waals surface area contributed by atoms with E-state index < -0.39 is 5.97 Å². The Kier molecular flexibility index (Phi) is 7.81. The van der Waals surface area contributed by atoms with Crippen molar-refractivity contribution in [3.8, 4) is 16.9 Å². The molecule has 0 bridgehead atoms. The molecule has 2 aromatic rings. The third-order valence-electron chi connectivity index (χ3n) is 5.11. The first kappa shape index (κ1) is 22.2. The van der Waals surface area contributed by atoms with E-state index in [0.717, 1.165) is 42.6 Å². The van der Waals surface area contributed by atoms with Crippen LogP contribution in [0.2, 0.25) is 0 Å². The number of anilines is 1. The Labute approximate surface area is 186 Å². The summed E-state index contributed by atoms with van der Waals surface area (Å²) < 4.78 is 10.5. The number of methoxy groups -OCH3 is 1. The van der Waals surface area contributed by atoms with Crippen molar-refractivity contribution in [1.82, 2.24) is 5.32 Å². The summed E-state index contributed by atoms with van der Waals surface area (Å²) in [6.07, 6.45) is 5.11. The zero-order chi connectivity index (χ0) is 21.5. The van der Waals surface area contributed by atoms with Gasteiger partial charge in [-0.2, -0.15) is 0 Å². The average Bonchev–Trinajstić information content (AvgIpc) is 3.18. The van der Waals surface area contributed by atoms with Gasteiger partial charge in [-0.05, 0) is 49.7 Å². The third-order valence-corrected chi connectivity index (χ3v) is 6.21. The van der Waals surface area contributed by atoms with Crippen molar-refractivity contribution in [3.63, 3.8) is 0 Å². The quantitative estimate of drug-likeness (QED) is 0.481. The van der Waals surface area contributed by atoms with Gasteiger partial charge in [0.05, 0.1) is 13.7 Å². The number of hydrogen-bond donors (Lipinski definition) is 2. The van der Waals surface area contributed by atoms with Crippen LogP contribution in [0.1, 0.15) is 49.4 Å². The number of hydrogen-bond acceptors (Lipinski definition) is 6. The Morgan fingerprint density at radius 3 is 2.50 bits per heavy atom. The van der Waals surface area contributed by atoms with Crippen molar-refractivity contribution < 1.29 is 19.1 Å². The summed E-state index contributed by atoms with van der Waals surface area (Å²) in [5.41, 5.74) is 2.01. The molecule has 0 saturated heterocycles. The second-order valence-electron chi connectivity index (χ2n) is 7.08. The van der Waals surface area contributed by atoms with Gasteiger partial charge in [-0.15, -0.1) is 11.3 Å². The maximum atomic E-state index is 12.7. The fourth-order valence-electron chi connectivity index (χ4n) is 3.55. The molecule has 1 aromatic heterocycles. The van der Waals surface area contributed by atoms with Crippen LogP contribution in [-0.2, 0) is 9.53 Å². The van der Waals surface area contributed by atoms with Gasteiger partial charge in [0.25, 0.3) is 0 Å². The fourth-order valence-corrected chi connectivity index (χ4v) is 4.78. The van der Waals surface area contributed by atoms with Crippen molar-refractivity contribution in [2.24, 2.45) is 5.92 Å². The van der Waals surface area contributed by atoms with Crippen LogP contribution in [0.25, 0.3) is 11.1 Å². The number of carbonyl (C=O) groups is 2. The van der Waals surface area contributed by atoms with E-state index in [1.54, 1.807) is 14.0 Å². The topological polar surface area (TPSA) is 76.7 Å². The molecule has 0 radical (unpaired) electrons. The van der Waals surface area contributed by atoms with Crippen LogP contribution in [0.5, 0.6) is 5.75 Å². The lowest BCUT2D eigenvalue weighted by Crippen LogP contribution is -2.39. The molecule has 0 atom stereocenters. The van der Waals surface area contributed by atoms with E-state index in [9.17, 15) is 9.59 Å². The smallest absolute Gasteiger partial charge is 0.341 e. The van der Waals surface area contributed by atoms with Gasteiger partial charge in [-0.3, -0.25) is 4.79 Å². The Hall–Kier alpha value is -2.45. The van der Waals surface area contributed by atoms with Crippen LogP contribution in [0, 0.1) is 5.92 Å².